The molecule has 0 bridgehead atoms. The minimum absolute atomic E-state index is 0.0207. The number of ether oxygens (including phenoxy) is 1. The van der Waals surface area contributed by atoms with Crippen LogP contribution in [0.1, 0.15) is 98.6 Å². The molecular formula is C35H48F3N5O4. The van der Waals surface area contributed by atoms with Gasteiger partial charge in [-0.05, 0) is 83.6 Å². The van der Waals surface area contributed by atoms with E-state index in [9.17, 15) is 22.8 Å². The number of aromatic nitrogens is 1. The lowest BCUT2D eigenvalue weighted by Gasteiger charge is -2.50. The Balaban J connectivity index is 1.07. The number of halogens is 3. The van der Waals surface area contributed by atoms with Crippen molar-refractivity contribution >= 4 is 11.9 Å². The van der Waals surface area contributed by atoms with Gasteiger partial charge in [-0.1, -0.05) is 35.5 Å². The molecule has 258 valence electrons. The zero-order valence-corrected chi connectivity index (χ0v) is 27.8. The van der Waals surface area contributed by atoms with Crippen molar-refractivity contribution in [1.29, 1.82) is 0 Å². The highest BCUT2D eigenvalue weighted by molar-refractivity contribution is 5.96. The molecule has 4 fully saturated rings. The zero-order chi connectivity index (χ0) is 33.3. The highest BCUT2D eigenvalue weighted by atomic mass is 19.4. The van der Waals surface area contributed by atoms with Crippen molar-refractivity contribution in [3.8, 4) is 0 Å². The number of amides is 3. The molecule has 0 radical (unpaired) electrons. The van der Waals surface area contributed by atoms with E-state index in [0.29, 0.717) is 44.5 Å². The third-order valence-corrected chi connectivity index (χ3v) is 11.2. The van der Waals surface area contributed by atoms with Gasteiger partial charge in [0.15, 0.2) is 0 Å². The average Bonchev–Trinajstić information content (AvgIpc) is 3.62. The number of urea groups is 1. The lowest BCUT2D eigenvalue weighted by molar-refractivity contribution is -0.156. The van der Waals surface area contributed by atoms with Gasteiger partial charge in [-0.25, -0.2) is 4.79 Å². The van der Waals surface area contributed by atoms with Gasteiger partial charge in [-0.15, -0.1) is 0 Å². The van der Waals surface area contributed by atoms with E-state index in [1.54, 1.807) is 0 Å². The summed E-state index contributed by atoms with van der Waals surface area (Å²) < 4.78 is 50.7. The van der Waals surface area contributed by atoms with E-state index in [-0.39, 0.29) is 29.3 Å². The van der Waals surface area contributed by atoms with Gasteiger partial charge in [0.2, 0.25) is 0 Å². The van der Waals surface area contributed by atoms with Crippen LogP contribution in [0.5, 0.6) is 0 Å². The molecule has 3 aliphatic heterocycles. The minimum atomic E-state index is -4.78. The number of hydrogen-bond donors (Lipinski definition) is 0. The summed E-state index contributed by atoms with van der Waals surface area (Å²) in [4.78, 5) is 35.4. The first kappa shape index (κ1) is 33.8. The normalized spacial score (nSPS) is 26.3. The Morgan fingerprint density at radius 2 is 1.68 bits per heavy atom. The second kappa shape index (κ2) is 13.8. The number of carbonyl (C=O) groups excluding carboxylic acids is 2. The summed E-state index contributed by atoms with van der Waals surface area (Å²) >= 11 is 0. The van der Waals surface area contributed by atoms with Crippen LogP contribution in [0.25, 0.3) is 0 Å². The smallest absolute Gasteiger partial charge is 0.379 e. The third-order valence-electron chi connectivity index (χ3n) is 11.2. The molecule has 4 heterocycles. The molecule has 0 N–H and O–H groups in total. The van der Waals surface area contributed by atoms with Crippen molar-refractivity contribution < 1.29 is 32.0 Å². The molecule has 1 aliphatic carbocycles. The fourth-order valence-electron chi connectivity index (χ4n) is 8.37. The first-order valence-corrected chi connectivity index (χ1v) is 17.3. The Morgan fingerprint density at radius 1 is 1.02 bits per heavy atom. The predicted molar refractivity (Wildman–Crippen MR) is 170 cm³/mol. The molecule has 47 heavy (non-hydrogen) atoms. The molecule has 2 aromatic rings. The number of benzene rings is 1. The first-order valence-electron chi connectivity index (χ1n) is 17.3. The number of hydrogen-bond acceptors (Lipinski definition) is 6. The van der Waals surface area contributed by atoms with Crippen molar-refractivity contribution in [3.05, 3.63) is 52.9 Å². The highest BCUT2D eigenvalue weighted by Gasteiger charge is 2.47. The van der Waals surface area contributed by atoms with Gasteiger partial charge in [0.05, 0.1) is 17.8 Å². The van der Waals surface area contributed by atoms with E-state index in [0.717, 1.165) is 64.8 Å². The van der Waals surface area contributed by atoms with Crippen LogP contribution in [0.2, 0.25) is 0 Å². The maximum Gasteiger partial charge on any atom is 0.453 e. The highest BCUT2D eigenvalue weighted by Crippen LogP contribution is 2.40. The van der Waals surface area contributed by atoms with E-state index in [1.165, 1.54) is 17.4 Å². The van der Waals surface area contributed by atoms with Gasteiger partial charge in [0.25, 0.3) is 11.7 Å². The van der Waals surface area contributed by atoms with Crippen LogP contribution in [0.3, 0.4) is 0 Å². The number of nitrogens with zero attached hydrogens (tertiary/aromatic N) is 5. The van der Waals surface area contributed by atoms with Gasteiger partial charge < -0.3 is 24.0 Å². The summed E-state index contributed by atoms with van der Waals surface area (Å²) in [6.07, 6.45) is 2.89. The Labute approximate surface area is 275 Å². The lowest BCUT2D eigenvalue weighted by atomic mass is 9.85. The summed E-state index contributed by atoms with van der Waals surface area (Å²) in [5, 5.41) is 3.43. The topological polar surface area (TPSA) is 82.4 Å². The second-order valence-corrected chi connectivity index (χ2v) is 14.1. The maximum absolute atomic E-state index is 14.1. The number of carbonyl (C=O) groups is 2. The van der Waals surface area contributed by atoms with Crippen molar-refractivity contribution in [2.45, 2.75) is 102 Å². The van der Waals surface area contributed by atoms with Crippen molar-refractivity contribution in [2.75, 3.05) is 45.9 Å². The van der Waals surface area contributed by atoms with Crippen LogP contribution in [0.15, 0.2) is 34.9 Å². The number of rotatable bonds is 8. The third kappa shape index (κ3) is 7.04. The SMILES string of the molecule is CCOC1CCC(CN2CC(c3ccccc3)N(C3CCN(C4(C)CCN(C(=O)c5c(C)noc5C(F)(F)F)CC4)CC3)C2=O)CC1. The van der Waals surface area contributed by atoms with Gasteiger partial charge in [-0.3, -0.25) is 9.69 Å². The quantitative estimate of drug-likeness (QED) is 0.321. The second-order valence-electron chi connectivity index (χ2n) is 14.1. The van der Waals surface area contributed by atoms with Crippen LogP contribution in [0.4, 0.5) is 18.0 Å². The van der Waals surface area contributed by atoms with Crippen LogP contribution in [-0.4, -0.2) is 100 Å². The monoisotopic (exact) mass is 659 g/mol. The molecule has 1 saturated carbocycles. The molecule has 1 aromatic heterocycles. The molecule has 3 amide bonds. The summed E-state index contributed by atoms with van der Waals surface area (Å²) in [7, 11) is 0. The molecule has 4 aliphatic rings. The van der Waals surface area contributed by atoms with E-state index < -0.39 is 23.4 Å². The average molecular weight is 660 g/mol. The summed E-state index contributed by atoms with van der Waals surface area (Å²) in [6.45, 7) is 10.2. The fourth-order valence-corrected chi connectivity index (χ4v) is 8.37. The number of likely N-dealkylation sites (tertiary alicyclic amines) is 2. The number of aryl methyl sites for hydroxylation is 1. The molecule has 6 rings (SSSR count). The molecule has 1 unspecified atom stereocenters. The molecule has 9 nitrogen and oxygen atoms in total. The van der Waals surface area contributed by atoms with Crippen LogP contribution in [-0.2, 0) is 10.9 Å². The van der Waals surface area contributed by atoms with Crippen molar-refractivity contribution in [1.82, 2.24) is 24.8 Å². The molecule has 12 heteroatoms. The predicted octanol–water partition coefficient (Wildman–Crippen LogP) is 6.54. The van der Waals surface area contributed by atoms with Gasteiger partial charge >= 0.3 is 12.2 Å². The number of piperidine rings is 2. The molecular weight excluding hydrogens is 611 g/mol. The molecule has 3 saturated heterocycles. The Morgan fingerprint density at radius 3 is 2.30 bits per heavy atom. The molecule has 0 spiro atoms. The largest absolute Gasteiger partial charge is 0.453 e. The Kier molecular flexibility index (Phi) is 9.90. The van der Waals surface area contributed by atoms with Crippen molar-refractivity contribution in [2.24, 2.45) is 5.92 Å². The molecule has 1 aromatic carbocycles. The Bertz CT molecular complexity index is 1380. The minimum Gasteiger partial charge on any atom is -0.379 e. The lowest BCUT2D eigenvalue weighted by Crippen LogP contribution is -2.58. The van der Waals surface area contributed by atoms with Crippen LogP contribution >= 0.6 is 0 Å². The van der Waals surface area contributed by atoms with E-state index in [2.05, 4.69) is 43.4 Å². The zero-order valence-electron chi connectivity index (χ0n) is 27.8. The van der Waals surface area contributed by atoms with E-state index >= 15 is 0 Å². The molecule has 1 atom stereocenters. The van der Waals surface area contributed by atoms with Gasteiger partial charge in [0.1, 0.15) is 5.56 Å². The Hall–Kier alpha value is -3.12. The van der Waals surface area contributed by atoms with Gasteiger partial charge in [0, 0.05) is 57.5 Å². The maximum atomic E-state index is 14.1. The van der Waals surface area contributed by atoms with Gasteiger partial charge in [-0.2, -0.15) is 13.2 Å². The standard InChI is InChI=1S/C35H48F3N5O4/c1-4-46-28-12-10-25(11-13-28)22-41-23-29(26-8-6-5-7-9-26)43(33(41)45)27-14-18-42(19-15-27)34(3)16-20-40(21-17-34)32(44)30-24(2)39-47-31(30)35(36,37)38/h5-9,25,27-29H,4,10-23H2,1-3H3. The fraction of sp³-hybridized carbons (Fsp3) is 0.686. The van der Waals surface area contributed by atoms with E-state index in [4.69, 9.17) is 4.74 Å². The summed E-state index contributed by atoms with van der Waals surface area (Å²) in [6, 6.07) is 10.7. The first-order chi connectivity index (χ1) is 22.5. The summed E-state index contributed by atoms with van der Waals surface area (Å²) in [5.41, 5.74) is 0.456. The van der Waals surface area contributed by atoms with E-state index in [1.807, 2.05) is 25.1 Å². The van der Waals surface area contributed by atoms with Crippen molar-refractivity contribution in [3.63, 3.8) is 0 Å². The van der Waals surface area contributed by atoms with Crippen LogP contribution in [0, 0.1) is 12.8 Å². The summed E-state index contributed by atoms with van der Waals surface area (Å²) in [5.74, 6) is -1.50. The van der Waals surface area contributed by atoms with Crippen LogP contribution < -0.4 is 0 Å². The number of alkyl halides is 3.